The summed E-state index contributed by atoms with van der Waals surface area (Å²) in [4.78, 5) is 1.32. The molecule has 0 aromatic carbocycles. The van der Waals surface area contributed by atoms with Gasteiger partial charge in [0.2, 0.25) is 0 Å². The predicted octanol–water partition coefficient (Wildman–Crippen LogP) is 3.92. The summed E-state index contributed by atoms with van der Waals surface area (Å²) in [6.45, 7) is 11.2. The standard InChI is InChI=1S/C14H27N3S/c1-7-10(8-2)9-11(15-6)12-13(14(3,4)5)16-17-18-12/h10-11,15H,7-9H2,1-6H3. The molecule has 1 heterocycles. The van der Waals surface area contributed by atoms with Crippen molar-refractivity contribution in [2.24, 2.45) is 5.92 Å². The van der Waals surface area contributed by atoms with Crippen LogP contribution in [-0.4, -0.2) is 16.6 Å². The Morgan fingerprint density at radius 2 is 1.83 bits per heavy atom. The summed E-state index contributed by atoms with van der Waals surface area (Å²) in [6.07, 6.45) is 3.66. The molecule has 104 valence electrons. The highest BCUT2D eigenvalue weighted by molar-refractivity contribution is 7.05. The van der Waals surface area contributed by atoms with Crippen LogP contribution in [0.2, 0.25) is 0 Å². The van der Waals surface area contributed by atoms with Crippen molar-refractivity contribution in [3.05, 3.63) is 10.6 Å². The molecule has 18 heavy (non-hydrogen) atoms. The number of aromatic nitrogens is 2. The molecule has 4 heteroatoms. The van der Waals surface area contributed by atoms with Crippen LogP contribution < -0.4 is 5.32 Å². The fourth-order valence-corrected chi connectivity index (χ4v) is 3.24. The van der Waals surface area contributed by atoms with Crippen LogP contribution in [0.1, 0.15) is 70.5 Å². The van der Waals surface area contributed by atoms with E-state index in [9.17, 15) is 0 Å². The molecule has 0 saturated carbocycles. The number of hydrogen-bond donors (Lipinski definition) is 1. The Kier molecular flexibility index (Phi) is 5.73. The van der Waals surface area contributed by atoms with Gasteiger partial charge in [-0.2, -0.15) is 0 Å². The van der Waals surface area contributed by atoms with E-state index in [0.717, 1.165) is 11.6 Å². The minimum atomic E-state index is 0.0748. The molecule has 1 N–H and O–H groups in total. The van der Waals surface area contributed by atoms with Crippen molar-refractivity contribution in [3.63, 3.8) is 0 Å². The smallest absolute Gasteiger partial charge is 0.0857 e. The predicted molar refractivity (Wildman–Crippen MR) is 79.1 cm³/mol. The van der Waals surface area contributed by atoms with E-state index < -0.39 is 0 Å². The number of nitrogens with one attached hydrogen (secondary N) is 1. The molecule has 0 fully saturated rings. The van der Waals surface area contributed by atoms with Crippen molar-refractivity contribution in [1.29, 1.82) is 0 Å². The molecule has 1 rings (SSSR count). The molecular formula is C14H27N3S. The van der Waals surface area contributed by atoms with Crippen LogP contribution in [-0.2, 0) is 5.41 Å². The Morgan fingerprint density at radius 1 is 1.22 bits per heavy atom. The molecule has 0 radical (unpaired) electrons. The van der Waals surface area contributed by atoms with Gasteiger partial charge in [0.25, 0.3) is 0 Å². The fourth-order valence-electron chi connectivity index (χ4n) is 2.26. The molecule has 0 saturated heterocycles. The van der Waals surface area contributed by atoms with Crippen LogP contribution in [0.25, 0.3) is 0 Å². The van der Waals surface area contributed by atoms with Crippen molar-refractivity contribution in [1.82, 2.24) is 14.9 Å². The van der Waals surface area contributed by atoms with Crippen molar-refractivity contribution in [3.8, 4) is 0 Å². The summed E-state index contributed by atoms with van der Waals surface area (Å²) < 4.78 is 4.17. The van der Waals surface area contributed by atoms with Gasteiger partial charge < -0.3 is 5.32 Å². The average molecular weight is 269 g/mol. The Hall–Kier alpha value is -0.480. The highest BCUT2D eigenvalue weighted by atomic mass is 32.1. The lowest BCUT2D eigenvalue weighted by Gasteiger charge is -2.24. The van der Waals surface area contributed by atoms with Gasteiger partial charge in [-0.25, -0.2) is 0 Å². The van der Waals surface area contributed by atoms with Crippen molar-refractivity contribution < 1.29 is 0 Å². The van der Waals surface area contributed by atoms with E-state index in [1.807, 2.05) is 7.05 Å². The molecular weight excluding hydrogens is 242 g/mol. The minimum absolute atomic E-state index is 0.0748. The zero-order chi connectivity index (χ0) is 13.8. The SMILES string of the molecule is CCC(CC)CC(NC)c1snnc1C(C)(C)C. The van der Waals surface area contributed by atoms with E-state index in [4.69, 9.17) is 0 Å². The van der Waals surface area contributed by atoms with Gasteiger partial charge in [-0.3, -0.25) is 0 Å². The van der Waals surface area contributed by atoms with Gasteiger partial charge in [-0.1, -0.05) is 51.9 Å². The summed E-state index contributed by atoms with van der Waals surface area (Å²) in [6, 6.07) is 0.393. The number of nitrogens with zero attached hydrogens (tertiary/aromatic N) is 2. The number of rotatable bonds is 6. The second-order valence-electron chi connectivity index (χ2n) is 6.00. The normalized spacial score (nSPS) is 14.2. The van der Waals surface area contributed by atoms with Crippen LogP contribution in [0.4, 0.5) is 0 Å². The monoisotopic (exact) mass is 269 g/mol. The second kappa shape index (κ2) is 6.62. The lowest BCUT2D eigenvalue weighted by Crippen LogP contribution is -2.23. The van der Waals surface area contributed by atoms with Crippen LogP contribution in [0.5, 0.6) is 0 Å². The van der Waals surface area contributed by atoms with Gasteiger partial charge in [-0.05, 0) is 30.9 Å². The Balaban J connectivity index is 2.92. The number of hydrogen-bond acceptors (Lipinski definition) is 4. The van der Waals surface area contributed by atoms with E-state index in [2.05, 4.69) is 49.5 Å². The molecule has 0 aliphatic heterocycles. The first kappa shape index (κ1) is 15.6. The largest absolute Gasteiger partial charge is 0.312 e. The Morgan fingerprint density at radius 3 is 2.28 bits per heavy atom. The third-order valence-electron chi connectivity index (χ3n) is 3.61. The van der Waals surface area contributed by atoms with Crippen LogP contribution in [0.15, 0.2) is 0 Å². The first-order valence-electron chi connectivity index (χ1n) is 6.93. The lowest BCUT2D eigenvalue weighted by atomic mass is 9.87. The molecule has 0 amide bonds. The van der Waals surface area contributed by atoms with E-state index in [-0.39, 0.29) is 5.41 Å². The summed E-state index contributed by atoms with van der Waals surface area (Å²) in [5.74, 6) is 0.775. The van der Waals surface area contributed by atoms with Gasteiger partial charge in [0, 0.05) is 11.5 Å². The second-order valence-corrected chi connectivity index (χ2v) is 6.78. The fraction of sp³-hybridized carbons (Fsp3) is 0.857. The van der Waals surface area contributed by atoms with Crippen LogP contribution in [0.3, 0.4) is 0 Å². The molecule has 0 bridgehead atoms. The molecule has 0 aliphatic rings. The van der Waals surface area contributed by atoms with E-state index in [0.29, 0.717) is 6.04 Å². The maximum atomic E-state index is 4.34. The highest BCUT2D eigenvalue weighted by Crippen LogP contribution is 2.34. The molecule has 0 aliphatic carbocycles. The topological polar surface area (TPSA) is 37.8 Å². The molecule has 1 aromatic rings. The zero-order valence-electron chi connectivity index (χ0n) is 12.6. The summed E-state index contributed by atoms with van der Waals surface area (Å²) >= 11 is 1.55. The van der Waals surface area contributed by atoms with Crippen LogP contribution >= 0.6 is 11.5 Å². The van der Waals surface area contributed by atoms with Gasteiger partial charge in [-0.15, -0.1) is 5.10 Å². The molecule has 0 spiro atoms. The van der Waals surface area contributed by atoms with Crippen molar-refractivity contribution in [2.75, 3.05) is 7.05 Å². The van der Waals surface area contributed by atoms with Gasteiger partial charge in [0.15, 0.2) is 0 Å². The first-order valence-corrected chi connectivity index (χ1v) is 7.71. The third kappa shape index (κ3) is 3.75. The molecule has 1 aromatic heterocycles. The van der Waals surface area contributed by atoms with Crippen molar-refractivity contribution >= 4 is 11.5 Å². The maximum Gasteiger partial charge on any atom is 0.0857 e. The summed E-state index contributed by atoms with van der Waals surface area (Å²) in [5, 5.41) is 7.79. The van der Waals surface area contributed by atoms with Gasteiger partial charge in [0.1, 0.15) is 0 Å². The maximum absolute atomic E-state index is 4.34. The van der Waals surface area contributed by atoms with E-state index in [1.54, 1.807) is 11.5 Å². The van der Waals surface area contributed by atoms with Crippen LogP contribution in [0, 0.1) is 5.92 Å². The molecule has 1 atom stereocenters. The van der Waals surface area contributed by atoms with Crippen molar-refractivity contribution in [2.45, 2.75) is 65.3 Å². The van der Waals surface area contributed by atoms with E-state index >= 15 is 0 Å². The third-order valence-corrected chi connectivity index (χ3v) is 4.45. The highest BCUT2D eigenvalue weighted by Gasteiger charge is 2.27. The Labute approximate surface area is 116 Å². The van der Waals surface area contributed by atoms with E-state index in [1.165, 1.54) is 24.1 Å². The molecule has 1 unspecified atom stereocenters. The van der Waals surface area contributed by atoms with Gasteiger partial charge in [0.05, 0.1) is 10.6 Å². The summed E-state index contributed by atoms with van der Waals surface area (Å²) in [5.41, 5.74) is 1.23. The zero-order valence-corrected chi connectivity index (χ0v) is 13.4. The summed E-state index contributed by atoms with van der Waals surface area (Å²) in [7, 11) is 2.04. The average Bonchev–Trinajstić information content (AvgIpc) is 2.79. The lowest BCUT2D eigenvalue weighted by molar-refractivity contribution is 0.384. The quantitative estimate of drug-likeness (QED) is 0.850. The molecule has 3 nitrogen and oxygen atoms in total. The minimum Gasteiger partial charge on any atom is -0.312 e. The van der Waals surface area contributed by atoms with Gasteiger partial charge >= 0.3 is 0 Å². The first-order chi connectivity index (χ1) is 8.43. The Bertz CT molecular complexity index is 350.